The van der Waals surface area contributed by atoms with Gasteiger partial charge in [-0.15, -0.1) is 22.4 Å². The van der Waals surface area contributed by atoms with Crippen LogP contribution in [0.4, 0.5) is 0 Å². The quantitative estimate of drug-likeness (QED) is 0.0994. The Morgan fingerprint density at radius 3 is 2.23 bits per heavy atom. The van der Waals surface area contributed by atoms with Crippen LogP contribution in [0.1, 0.15) is 26.2 Å². The van der Waals surface area contributed by atoms with Crippen molar-refractivity contribution in [2.75, 3.05) is 20.0 Å². The SMILES string of the molecule is BP(I)C(CC(=O)N(CNCN1C(=O)CC(B(P)I)C1=O)CN1C(=O)CC(P(B)I)C1=O)C(C)=O. The minimum absolute atomic E-state index is 0.0399. The molecule has 0 spiro atoms. The van der Waals surface area contributed by atoms with Crippen molar-refractivity contribution in [3.8, 4) is 0 Å². The first kappa shape index (κ1) is 32.3. The van der Waals surface area contributed by atoms with Crippen LogP contribution in [0.5, 0.6) is 0 Å². The van der Waals surface area contributed by atoms with E-state index < -0.39 is 22.4 Å². The molecule has 2 aliphatic rings. The number of carbonyl (C=O) groups excluding carboxylic acids is 6. The molecule has 2 rings (SSSR count). The summed E-state index contributed by atoms with van der Waals surface area (Å²) in [6.07, 6.45) is 0.209. The van der Waals surface area contributed by atoms with Gasteiger partial charge >= 0.3 is 0 Å². The Bertz CT molecular complexity index is 906. The number of hydrogen-bond donors (Lipinski definition) is 1. The number of imide groups is 2. The third-order valence-electron chi connectivity index (χ3n) is 5.82. The van der Waals surface area contributed by atoms with E-state index in [0.717, 1.165) is 9.80 Å². The lowest BCUT2D eigenvalue weighted by Gasteiger charge is -2.30. The first-order valence-electron chi connectivity index (χ1n) is 10.6. The highest BCUT2D eigenvalue weighted by molar-refractivity contribution is 14.2. The van der Waals surface area contributed by atoms with Crippen LogP contribution >= 0.6 is 86.5 Å². The molecule has 19 heteroatoms. The maximum atomic E-state index is 13.2. The summed E-state index contributed by atoms with van der Waals surface area (Å²) in [7, 11) is 6.37. The lowest BCUT2D eigenvalue weighted by atomic mass is 9.84. The van der Waals surface area contributed by atoms with Gasteiger partial charge in [-0.1, -0.05) is 55.0 Å². The van der Waals surface area contributed by atoms with E-state index in [1.54, 1.807) is 0 Å². The number of nitrogens with one attached hydrogen (secondary N) is 1. The Hall–Kier alpha value is 1.05. The monoisotopic (exact) mass is 876 g/mol. The second-order valence-electron chi connectivity index (χ2n) is 8.32. The number of ketones is 1. The van der Waals surface area contributed by atoms with E-state index >= 15 is 0 Å². The second-order valence-corrected chi connectivity index (χ2v) is 24.3. The normalized spacial score (nSPS) is 23.0. The van der Waals surface area contributed by atoms with Crippen LogP contribution in [0.15, 0.2) is 0 Å². The molecule has 6 unspecified atom stereocenters. The van der Waals surface area contributed by atoms with E-state index in [1.807, 2.05) is 15.1 Å². The van der Waals surface area contributed by atoms with Crippen molar-refractivity contribution in [2.24, 2.45) is 0 Å². The van der Waals surface area contributed by atoms with Gasteiger partial charge < -0.3 is 4.90 Å². The summed E-state index contributed by atoms with van der Waals surface area (Å²) in [5.41, 5.74) is -2.26. The Kier molecular flexibility index (Phi) is 13.3. The van der Waals surface area contributed by atoms with E-state index in [2.05, 4.69) is 80.9 Å². The summed E-state index contributed by atoms with van der Waals surface area (Å²) in [6.45, 7) is 1.04. The van der Waals surface area contributed by atoms with Crippen molar-refractivity contribution < 1.29 is 28.8 Å². The third kappa shape index (κ3) is 8.52. The lowest BCUT2D eigenvalue weighted by molar-refractivity contribution is -0.145. The zero-order valence-electron chi connectivity index (χ0n) is 19.4. The van der Waals surface area contributed by atoms with Gasteiger partial charge in [0, 0.05) is 30.7 Å². The smallest absolute Gasteiger partial charge is 0.252 e. The molecule has 35 heavy (non-hydrogen) atoms. The highest BCUT2D eigenvalue weighted by Crippen LogP contribution is 2.49. The van der Waals surface area contributed by atoms with E-state index in [0.29, 0.717) is 0 Å². The highest BCUT2D eigenvalue weighted by Gasteiger charge is 2.43. The Morgan fingerprint density at radius 2 is 1.77 bits per heavy atom. The molecule has 0 saturated carbocycles. The summed E-state index contributed by atoms with van der Waals surface area (Å²) in [5, 5.41) is 2.95. The van der Waals surface area contributed by atoms with Gasteiger partial charge in [-0.2, -0.15) is 9.12 Å². The molecule has 2 aliphatic heterocycles. The van der Waals surface area contributed by atoms with Gasteiger partial charge in [-0.25, -0.2) is 0 Å². The van der Waals surface area contributed by atoms with Gasteiger partial charge in [0.25, 0.3) is 4.29 Å². The number of carbonyl (C=O) groups is 6. The summed E-state index contributed by atoms with van der Waals surface area (Å²) >= 11 is 6.43. The van der Waals surface area contributed by atoms with Gasteiger partial charge in [0.05, 0.1) is 19.0 Å². The molecule has 0 aromatic heterocycles. The van der Waals surface area contributed by atoms with Crippen LogP contribution < -0.4 is 5.32 Å². The molecule has 0 aromatic carbocycles. The largest absolute Gasteiger partial charge is 0.312 e. The average molecular weight is 875 g/mol. The fourth-order valence-electron chi connectivity index (χ4n) is 3.71. The summed E-state index contributed by atoms with van der Waals surface area (Å²) in [6, 6.07) is 0. The highest BCUT2D eigenvalue weighted by atomic mass is 127. The standard InChI is InChI=1S/C16H25B3I3N4O6P3/c1-8(27)10(34(17)21)3-12(28)24(7-26-14(30)4-11(16(26)32)35(18)22)5-23-6-25-13(29)2-9(15(25)31)19(20)33/h9-11,23H,2-7,17-18,33H2,1H3. The predicted octanol–water partition coefficient (Wildman–Crippen LogP) is 0.440. The number of Topliss-reactive ketones (excluding diaryl/α,β-unsaturated/α-hetero) is 1. The Balaban J connectivity index is 2.14. The molecule has 1 N–H and O–H groups in total. The maximum Gasteiger partial charge on any atom is 0.252 e. The van der Waals surface area contributed by atoms with Crippen molar-refractivity contribution in [1.82, 2.24) is 20.0 Å². The molecule has 0 radical (unpaired) electrons. The number of likely N-dealkylation sites (tertiary alicyclic amines) is 2. The number of nitrogens with zero attached hydrogens (tertiary/aromatic N) is 3. The molecule has 2 saturated heterocycles. The van der Waals surface area contributed by atoms with Crippen LogP contribution in [0, 0.1) is 0 Å². The van der Waals surface area contributed by atoms with Crippen LogP contribution in [-0.4, -0.2) is 101 Å². The minimum Gasteiger partial charge on any atom is -0.312 e. The van der Waals surface area contributed by atoms with Crippen LogP contribution in [0.3, 0.4) is 0 Å². The van der Waals surface area contributed by atoms with E-state index in [4.69, 9.17) is 0 Å². The topological polar surface area (TPSA) is 124 Å². The van der Waals surface area contributed by atoms with Crippen molar-refractivity contribution in [1.29, 1.82) is 0 Å². The molecule has 5 amide bonds. The van der Waals surface area contributed by atoms with Crippen LogP contribution in [0.25, 0.3) is 0 Å². The first-order chi connectivity index (χ1) is 16.3. The van der Waals surface area contributed by atoms with Crippen molar-refractivity contribution in [2.45, 2.75) is 43.3 Å². The summed E-state index contributed by atoms with van der Waals surface area (Å²) < 4.78 is -0.0741. The number of rotatable bonds is 12. The third-order valence-corrected chi connectivity index (χ3v) is 13.9. The zero-order valence-corrected chi connectivity index (χ0v) is 28.9. The summed E-state index contributed by atoms with van der Waals surface area (Å²) in [4.78, 5) is 79.1. The van der Waals surface area contributed by atoms with Crippen molar-refractivity contribution >= 4 is 141 Å². The minimum atomic E-state index is -0.746. The molecule has 0 aromatic rings. The average Bonchev–Trinajstić information content (AvgIpc) is 3.20. The van der Waals surface area contributed by atoms with E-state index in [9.17, 15) is 28.8 Å². The number of hydrogen-bond acceptors (Lipinski definition) is 7. The van der Waals surface area contributed by atoms with Gasteiger partial charge in [-0.3, -0.25) is 43.9 Å². The fraction of sp³-hybridized carbons (Fsp3) is 0.625. The Morgan fingerprint density at radius 1 is 1.17 bits per heavy atom. The van der Waals surface area contributed by atoms with E-state index in [-0.39, 0.29) is 84.5 Å². The molecule has 190 valence electrons. The van der Waals surface area contributed by atoms with Gasteiger partial charge in [0.2, 0.25) is 29.5 Å². The molecule has 0 aliphatic carbocycles. The van der Waals surface area contributed by atoms with E-state index in [1.165, 1.54) is 11.8 Å². The summed E-state index contributed by atoms with van der Waals surface area (Å²) in [5.74, 6) is -2.08. The van der Waals surface area contributed by atoms with Crippen molar-refractivity contribution in [3.05, 3.63) is 0 Å². The van der Waals surface area contributed by atoms with Crippen LogP contribution in [0.2, 0.25) is 5.82 Å². The number of halogens is 3. The zero-order chi connectivity index (χ0) is 26.6. The number of amides is 5. The van der Waals surface area contributed by atoms with Crippen LogP contribution in [-0.2, 0) is 28.8 Å². The van der Waals surface area contributed by atoms with Gasteiger partial charge in [-0.05, 0) is 6.92 Å². The molecular weight excluding hydrogens is 850 g/mol. The molecule has 10 nitrogen and oxygen atoms in total. The Labute approximate surface area is 251 Å². The fourth-order valence-corrected chi connectivity index (χ4v) is 9.41. The molecule has 2 heterocycles. The first-order valence-corrected chi connectivity index (χ1v) is 21.8. The molecule has 0 bridgehead atoms. The predicted molar refractivity (Wildman–Crippen MR) is 173 cm³/mol. The van der Waals surface area contributed by atoms with Gasteiger partial charge in [0.15, 0.2) is 0 Å². The second kappa shape index (κ2) is 14.4. The van der Waals surface area contributed by atoms with Crippen molar-refractivity contribution in [3.63, 3.8) is 0 Å². The maximum absolute atomic E-state index is 13.2. The van der Waals surface area contributed by atoms with Gasteiger partial charge in [0.1, 0.15) is 27.6 Å². The lowest BCUT2D eigenvalue weighted by Crippen LogP contribution is -2.50. The molecule has 6 atom stereocenters. The molecule has 2 fully saturated rings. The molecular formula is C16H25B3I3N4O6P3.